The molecule has 2 N–H and O–H groups in total. The maximum Gasteiger partial charge on any atom is 0.191 e. The van der Waals surface area contributed by atoms with Crippen LogP contribution in [0.5, 0.6) is 5.75 Å². The maximum atomic E-state index is 5.18. The van der Waals surface area contributed by atoms with Crippen molar-refractivity contribution in [3.63, 3.8) is 0 Å². The number of guanidine groups is 1. The van der Waals surface area contributed by atoms with E-state index in [4.69, 9.17) is 9.47 Å². The van der Waals surface area contributed by atoms with E-state index in [2.05, 4.69) is 27.6 Å². The summed E-state index contributed by atoms with van der Waals surface area (Å²) in [5.74, 6) is 1.58. The molecule has 0 radical (unpaired) electrons. The first-order valence-electron chi connectivity index (χ1n) is 8.39. The number of aliphatic imine (C=N–C) groups is 1. The van der Waals surface area contributed by atoms with Crippen molar-refractivity contribution in [1.82, 2.24) is 20.4 Å². The zero-order chi connectivity index (χ0) is 18.1. The van der Waals surface area contributed by atoms with Gasteiger partial charge in [-0.05, 0) is 44.2 Å². The molecular formula is C18H28IN5O2. The molecule has 1 unspecified atom stereocenters. The first kappa shape index (κ1) is 22.2. The summed E-state index contributed by atoms with van der Waals surface area (Å²) in [4.78, 5) is 4.58. The molecule has 1 aromatic carbocycles. The Hall–Kier alpha value is -1.81. The summed E-state index contributed by atoms with van der Waals surface area (Å²) in [6.07, 6.45) is 1.93. The minimum absolute atomic E-state index is 0. The van der Waals surface area contributed by atoms with E-state index in [-0.39, 0.29) is 30.0 Å². The van der Waals surface area contributed by atoms with E-state index in [1.807, 2.05) is 48.1 Å². The largest absolute Gasteiger partial charge is 0.497 e. The van der Waals surface area contributed by atoms with Gasteiger partial charge in [-0.15, -0.1) is 24.0 Å². The third-order valence-electron chi connectivity index (χ3n) is 3.52. The minimum atomic E-state index is 0. The highest BCUT2D eigenvalue weighted by Crippen LogP contribution is 2.14. The zero-order valence-corrected chi connectivity index (χ0v) is 18.1. The van der Waals surface area contributed by atoms with Crippen molar-refractivity contribution in [2.24, 2.45) is 4.99 Å². The van der Waals surface area contributed by atoms with Gasteiger partial charge in [0, 0.05) is 25.9 Å². The van der Waals surface area contributed by atoms with Gasteiger partial charge in [-0.3, -0.25) is 0 Å². The summed E-state index contributed by atoms with van der Waals surface area (Å²) in [7, 11) is 3.34. The van der Waals surface area contributed by atoms with Gasteiger partial charge in [0.2, 0.25) is 0 Å². The van der Waals surface area contributed by atoms with Gasteiger partial charge in [-0.2, -0.15) is 5.10 Å². The molecule has 8 heteroatoms. The summed E-state index contributed by atoms with van der Waals surface area (Å²) >= 11 is 0. The minimum Gasteiger partial charge on any atom is -0.497 e. The third-order valence-corrected chi connectivity index (χ3v) is 3.52. The second kappa shape index (κ2) is 11.7. The highest BCUT2D eigenvalue weighted by atomic mass is 127. The van der Waals surface area contributed by atoms with Gasteiger partial charge in [-0.1, -0.05) is 0 Å². The van der Waals surface area contributed by atoms with Crippen LogP contribution in [-0.2, 0) is 11.3 Å². The van der Waals surface area contributed by atoms with Crippen molar-refractivity contribution < 1.29 is 9.47 Å². The Morgan fingerprint density at radius 1 is 1.23 bits per heavy atom. The standard InChI is InChI=1S/C18H27N5O2.HI/c1-5-19-18(21-14(2)13-24-3)20-12-15-10-11-23(22-15)16-6-8-17(25-4)9-7-16;/h6-11,14H,5,12-13H2,1-4H3,(H2,19,20,21);1H. The predicted octanol–water partition coefficient (Wildman–Crippen LogP) is 2.59. The number of methoxy groups -OCH3 is 2. The van der Waals surface area contributed by atoms with Gasteiger partial charge >= 0.3 is 0 Å². The molecule has 1 aromatic heterocycles. The Bertz CT molecular complexity index is 672. The molecular weight excluding hydrogens is 445 g/mol. The van der Waals surface area contributed by atoms with Gasteiger partial charge in [0.1, 0.15) is 5.75 Å². The molecule has 0 amide bonds. The van der Waals surface area contributed by atoms with Crippen LogP contribution in [0.1, 0.15) is 19.5 Å². The number of ether oxygens (including phenoxy) is 2. The van der Waals surface area contributed by atoms with Crippen molar-refractivity contribution in [3.05, 3.63) is 42.2 Å². The number of nitrogens with one attached hydrogen (secondary N) is 2. The molecule has 0 spiro atoms. The van der Waals surface area contributed by atoms with Crippen LogP contribution in [0.2, 0.25) is 0 Å². The van der Waals surface area contributed by atoms with Gasteiger partial charge in [0.15, 0.2) is 5.96 Å². The van der Waals surface area contributed by atoms with Crippen molar-refractivity contribution in [2.45, 2.75) is 26.4 Å². The topological polar surface area (TPSA) is 72.7 Å². The fraction of sp³-hybridized carbons (Fsp3) is 0.444. The molecule has 1 heterocycles. The van der Waals surface area contributed by atoms with Crippen LogP contribution in [0.3, 0.4) is 0 Å². The van der Waals surface area contributed by atoms with Crippen molar-refractivity contribution in [2.75, 3.05) is 27.4 Å². The van der Waals surface area contributed by atoms with E-state index in [1.165, 1.54) is 0 Å². The van der Waals surface area contributed by atoms with E-state index < -0.39 is 0 Å². The Kier molecular flexibility index (Phi) is 10.0. The number of hydrogen-bond donors (Lipinski definition) is 2. The normalized spacial score (nSPS) is 12.2. The molecule has 0 fully saturated rings. The molecule has 0 bridgehead atoms. The number of benzene rings is 1. The molecule has 0 aliphatic rings. The Labute approximate surface area is 172 Å². The molecule has 0 saturated heterocycles. The third kappa shape index (κ3) is 6.83. The molecule has 144 valence electrons. The molecule has 1 atom stereocenters. The molecule has 2 aromatic rings. The van der Waals surface area contributed by atoms with Crippen LogP contribution in [0, 0.1) is 0 Å². The summed E-state index contributed by atoms with van der Waals surface area (Å²) < 4.78 is 12.2. The van der Waals surface area contributed by atoms with Crippen LogP contribution in [0.25, 0.3) is 5.69 Å². The zero-order valence-electron chi connectivity index (χ0n) is 15.7. The summed E-state index contributed by atoms with van der Waals surface area (Å²) in [6.45, 7) is 6.01. The molecule has 0 saturated carbocycles. The molecule has 0 aliphatic carbocycles. The number of aromatic nitrogens is 2. The van der Waals surface area contributed by atoms with Gasteiger partial charge in [-0.25, -0.2) is 9.67 Å². The fourth-order valence-corrected chi connectivity index (χ4v) is 2.33. The van der Waals surface area contributed by atoms with Crippen LogP contribution < -0.4 is 15.4 Å². The average molecular weight is 473 g/mol. The monoisotopic (exact) mass is 473 g/mol. The van der Waals surface area contributed by atoms with Gasteiger partial charge in [0.05, 0.1) is 31.6 Å². The Balaban J connectivity index is 0.00000338. The molecule has 0 aliphatic heterocycles. The Morgan fingerprint density at radius 3 is 2.58 bits per heavy atom. The second-order valence-corrected chi connectivity index (χ2v) is 5.65. The van der Waals surface area contributed by atoms with E-state index in [9.17, 15) is 0 Å². The van der Waals surface area contributed by atoms with Gasteiger partial charge in [0.25, 0.3) is 0 Å². The van der Waals surface area contributed by atoms with Gasteiger partial charge < -0.3 is 20.1 Å². The van der Waals surface area contributed by atoms with Crippen molar-refractivity contribution >= 4 is 29.9 Å². The summed E-state index contributed by atoms with van der Waals surface area (Å²) in [5.41, 5.74) is 1.88. The average Bonchev–Trinajstić information content (AvgIpc) is 3.09. The van der Waals surface area contributed by atoms with E-state index >= 15 is 0 Å². The lowest BCUT2D eigenvalue weighted by molar-refractivity contribution is 0.179. The van der Waals surface area contributed by atoms with Crippen molar-refractivity contribution in [3.8, 4) is 11.4 Å². The van der Waals surface area contributed by atoms with E-state index in [0.29, 0.717) is 13.2 Å². The van der Waals surface area contributed by atoms with E-state index in [1.54, 1.807) is 14.2 Å². The van der Waals surface area contributed by atoms with Crippen LogP contribution in [0.15, 0.2) is 41.5 Å². The molecule has 7 nitrogen and oxygen atoms in total. The Morgan fingerprint density at radius 2 is 1.96 bits per heavy atom. The maximum absolute atomic E-state index is 5.18. The quantitative estimate of drug-likeness (QED) is 0.351. The lowest BCUT2D eigenvalue weighted by Gasteiger charge is -2.16. The highest BCUT2D eigenvalue weighted by molar-refractivity contribution is 14.0. The first-order chi connectivity index (χ1) is 12.2. The molecule has 2 rings (SSSR count). The summed E-state index contributed by atoms with van der Waals surface area (Å²) in [6, 6.07) is 9.92. The number of hydrogen-bond acceptors (Lipinski definition) is 4. The number of rotatable bonds is 8. The van der Waals surface area contributed by atoms with Crippen molar-refractivity contribution in [1.29, 1.82) is 0 Å². The van der Waals surface area contributed by atoms with Crippen LogP contribution in [0.4, 0.5) is 0 Å². The highest BCUT2D eigenvalue weighted by Gasteiger charge is 2.06. The van der Waals surface area contributed by atoms with Crippen LogP contribution >= 0.6 is 24.0 Å². The SMILES string of the molecule is CCNC(=NCc1ccn(-c2ccc(OC)cc2)n1)NC(C)COC.I. The smallest absolute Gasteiger partial charge is 0.191 e. The molecule has 26 heavy (non-hydrogen) atoms. The second-order valence-electron chi connectivity index (χ2n) is 5.65. The first-order valence-corrected chi connectivity index (χ1v) is 8.39. The number of halogens is 1. The predicted molar refractivity (Wildman–Crippen MR) is 115 cm³/mol. The van der Waals surface area contributed by atoms with Crippen LogP contribution in [-0.4, -0.2) is 49.2 Å². The summed E-state index contributed by atoms with van der Waals surface area (Å²) in [5, 5.41) is 11.1. The number of nitrogens with zero attached hydrogens (tertiary/aromatic N) is 3. The lowest BCUT2D eigenvalue weighted by atomic mass is 10.3. The lowest BCUT2D eigenvalue weighted by Crippen LogP contribution is -2.43. The van der Waals surface area contributed by atoms with E-state index in [0.717, 1.165) is 29.6 Å². The fourth-order valence-electron chi connectivity index (χ4n) is 2.33.